The van der Waals surface area contributed by atoms with E-state index in [2.05, 4.69) is 48.3 Å². The Morgan fingerprint density at radius 3 is 3.00 bits per heavy atom. The summed E-state index contributed by atoms with van der Waals surface area (Å²) in [6.07, 6.45) is 5.84. The first-order valence-corrected chi connectivity index (χ1v) is 9.83. The van der Waals surface area contributed by atoms with Gasteiger partial charge >= 0.3 is 0 Å². The summed E-state index contributed by atoms with van der Waals surface area (Å²) in [7, 11) is 4.04. The SMILES string of the molecule is COc1cccc2c1CCC[C@H]2CN(C)CCc1ccc2c(c1)CCO2. The lowest BCUT2D eigenvalue weighted by atomic mass is 9.82. The third-order valence-electron chi connectivity index (χ3n) is 5.88. The zero-order valence-corrected chi connectivity index (χ0v) is 16.0. The molecule has 26 heavy (non-hydrogen) atoms. The van der Waals surface area contributed by atoms with Crippen LogP contribution in [0.3, 0.4) is 0 Å². The van der Waals surface area contributed by atoms with Crippen LogP contribution in [-0.2, 0) is 19.3 Å². The third kappa shape index (κ3) is 3.59. The first-order valence-electron chi connectivity index (χ1n) is 9.83. The van der Waals surface area contributed by atoms with Crippen molar-refractivity contribution in [2.45, 2.75) is 38.0 Å². The number of ether oxygens (including phenoxy) is 2. The molecule has 0 aromatic heterocycles. The van der Waals surface area contributed by atoms with E-state index in [0.717, 1.165) is 50.5 Å². The summed E-state index contributed by atoms with van der Waals surface area (Å²) in [5.74, 6) is 2.76. The molecule has 2 aromatic carbocycles. The summed E-state index contributed by atoms with van der Waals surface area (Å²) in [4.78, 5) is 2.49. The van der Waals surface area contributed by atoms with Crippen LogP contribution in [0.4, 0.5) is 0 Å². The normalized spacial score (nSPS) is 18.3. The van der Waals surface area contributed by atoms with Crippen molar-refractivity contribution < 1.29 is 9.47 Å². The van der Waals surface area contributed by atoms with Crippen LogP contribution in [0.15, 0.2) is 36.4 Å². The van der Waals surface area contributed by atoms with E-state index >= 15 is 0 Å². The quantitative estimate of drug-likeness (QED) is 0.778. The van der Waals surface area contributed by atoms with Gasteiger partial charge in [-0.15, -0.1) is 0 Å². The van der Waals surface area contributed by atoms with E-state index in [9.17, 15) is 0 Å². The van der Waals surface area contributed by atoms with Crippen molar-refractivity contribution in [1.82, 2.24) is 4.90 Å². The standard InChI is InChI=1S/C23H29NO2/c1-24(13-11-17-9-10-22-18(15-17)12-14-26-22)16-19-5-3-7-21-20(19)6-4-8-23(21)25-2/h4,6,8-10,15,19H,3,5,7,11-14,16H2,1-2H3/t19-/m0/s1. The molecule has 4 rings (SSSR count). The Morgan fingerprint density at radius 1 is 1.19 bits per heavy atom. The van der Waals surface area contributed by atoms with E-state index in [1.54, 1.807) is 7.11 Å². The predicted octanol–water partition coefficient (Wildman–Crippen LogP) is 4.22. The highest BCUT2D eigenvalue weighted by atomic mass is 16.5. The van der Waals surface area contributed by atoms with Gasteiger partial charge in [0, 0.05) is 19.5 Å². The molecule has 1 aliphatic carbocycles. The smallest absolute Gasteiger partial charge is 0.122 e. The lowest BCUT2D eigenvalue weighted by molar-refractivity contribution is 0.299. The molecule has 0 radical (unpaired) electrons. The summed E-state index contributed by atoms with van der Waals surface area (Å²) in [5.41, 5.74) is 5.72. The van der Waals surface area contributed by atoms with Gasteiger partial charge in [0.1, 0.15) is 11.5 Å². The van der Waals surface area contributed by atoms with Crippen LogP contribution >= 0.6 is 0 Å². The van der Waals surface area contributed by atoms with Gasteiger partial charge in [-0.3, -0.25) is 0 Å². The van der Waals surface area contributed by atoms with Crippen LogP contribution < -0.4 is 9.47 Å². The van der Waals surface area contributed by atoms with Gasteiger partial charge in [0.2, 0.25) is 0 Å². The summed E-state index contributed by atoms with van der Waals surface area (Å²) in [6.45, 7) is 3.05. The summed E-state index contributed by atoms with van der Waals surface area (Å²) >= 11 is 0. The molecule has 1 heterocycles. The molecule has 0 N–H and O–H groups in total. The number of rotatable bonds is 6. The fraction of sp³-hybridized carbons (Fsp3) is 0.478. The molecule has 0 spiro atoms. The highest BCUT2D eigenvalue weighted by Gasteiger charge is 2.23. The van der Waals surface area contributed by atoms with Crippen molar-refractivity contribution in [3.8, 4) is 11.5 Å². The molecule has 1 aliphatic heterocycles. The summed E-state index contributed by atoms with van der Waals surface area (Å²) in [6, 6.07) is 13.2. The van der Waals surface area contributed by atoms with Crippen LogP contribution in [0, 0.1) is 0 Å². The van der Waals surface area contributed by atoms with Crippen molar-refractivity contribution in [3.05, 3.63) is 58.7 Å². The number of fused-ring (bicyclic) bond motifs is 2. The first-order chi connectivity index (χ1) is 12.7. The zero-order chi connectivity index (χ0) is 17.9. The largest absolute Gasteiger partial charge is 0.496 e. The molecular formula is C23H29NO2. The van der Waals surface area contributed by atoms with Crippen LogP contribution in [0.25, 0.3) is 0 Å². The minimum absolute atomic E-state index is 0.618. The fourth-order valence-corrected chi connectivity index (χ4v) is 4.48. The van der Waals surface area contributed by atoms with Crippen molar-refractivity contribution in [2.24, 2.45) is 0 Å². The Labute approximate surface area is 156 Å². The van der Waals surface area contributed by atoms with Crippen molar-refractivity contribution in [2.75, 3.05) is 33.9 Å². The molecule has 0 bridgehead atoms. The van der Waals surface area contributed by atoms with Gasteiger partial charge in [0.05, 0.1) is 13.7 Å². The van der Waals surface area contributed by atoms with Crippen molar-refractivity contribution in [1.29, 1.82) is 0 Å². The maximum Gasteiger partial charge on any atom is 0.122 e. The van der Waals surface area contributed by atoms with E-state index in [-0.39, 0.29) is 0 Å². The highest BCUT2D eigenvalue weighted by Crippen LogP contribution is 2.37. The Balaban J connectivity index is 1.38. The van der Waals surface area contributed by atoms with E-state index < -0.39 is 0 Å². The molecular weight excluding hydrogens is 322 g/mol. The van der Waals surface area contributed by atoms with Gasteiger partial charge < -0.3 is 14.4 Å². The van der Waals surface area contributed by atoms with E-state index in [1.807, 2.05) is 0 Å². The summed E-state index contributed by atoms with van der Waals surface area (Å²) in [5, 5.41) is 0. The predicted molar refractivity (Wildman–Crippen MR) is 106 cm³/mol. The number of hydrogen-bond acceptors (Lipinski definition) is 3. The average molecular weight is 351 g/mol. The van der Waals surface area contributed by atoms with Crippen LogP contribution in [0.1, 0.15) is 41.0 Å². The average Bonchev–Trinajstić information content (AvgIpc) is 3.14. The second-order valence-electron chi connectivity index (χ2n) is 7.67. The molecule has 0 saturated heterocycles. The van der Waals surface area contributed by atoms with Crippen LogP contribution in [0.5, 0.6) is 11.5 Å². The maximum atomic E-state index is 5.61. The number of nitrogens with zero attached hydrogens (tertiary/aromatic N) is 1. The van der Waals surface area contributed by atoms with Gasteiger partial charge in [-0.2, -0.15) is 0 Å². The lowest BCUT2D eigenvalue weighted by Gasteiger charge is -2.30. The minimum Gasteiger partial charge on any atom is -0.496 e. The first kappa shape index (κ1) is 17.4. The highest BCUT2D eigenvalue weighted by molar-refractivity contribution is 5.44. The van der Waals surface area contributed by atoms with E-state index in [4.69, 9.17) is 9.47 Å². The third-order valence-corrected chi connectivity index (χ3v) is 5.88. The Morgan fingerprint density at radius 2 is 2.12 bits per heavy atom. The molecule has 0 unspecified atom stereocenters. The van der Waals surface area contributed by atoms with Crippen LogP contribution in [-0.4, -0.2) is 38.8 Å². The Hall–Kier alpha value is -2.00. The molecule has 3 heteroatoms. The molecule has 138 valence electrons. The molecule has 0 saturated carbocycles. The van der Waals surface area contributed by atoms with E-state index in [1.165, 1.54) is 35.1 Å². The molecule has 1 atom stereocenters. The lowest BCUT2D eigenvalue weighted by Crippen LogP contribution is -2.28. The second-order valence-corrected chi connectivity index (χ2v) is 7.67. The summed E-state index contributed by atoms with van der Waals surface area (Å²) < 4.78 is 11.2. The fourth-order valence-electron chi connectivity index (χ4n) is 4.48. The van der Waals surface area contributed by atoms with Gasteiger partial charge in [-0.1, -0.05) is 24.3 Å². The van der Waals surface area contributed by atoms with Crippen molar-refractivity contribution >= 4 is 0 Å². The topological polar surface area (TPSA) is 21.7 Å². The molecule has 2 aliphatic rings. The molecule has 3 nitrogen and oxygen atoms in total. The number of hydrogen-bond donors (Lipinski definition) is 0. The second kappa shape index (κ2) is 7.71. The van der Waals surface area contributed by atoms with Gasteiger partial charge in [0.25, 0.3) is 0 Å². The van der Waals surface area contributed by atoms with Gasteiger partial charge in [-0.05, 0) is 73.0 Å². The minimum atomic E-state index is 0.618. The molecule has 2 aromatic rings. The Bertz CT molecular complexity index is 771. The molecule has 0 fully saturated rings. The maximum absolute atomic E-state index is 5.61. The number of methoxy groups -OCH3 is 1. The van der Waals surface area contributed by atoms with Crippen molar-refractivity contribution in [3.63, 3.8) is 0 Å². The Kier molecular flexibility index (Phi) is 5.16. The number of likely N-dealkylation sites (N-methyl/N-ethyl adjacent to an activating group) is 1. The molecule has 0 amide bonds. The zero-order valence-electron chi connectivity index (χ0n) is 16.0. The van der Waals surface area contributed by atoms with Gasteiger partial charge in [-0.25, -0.2) is 0 Å². The van der Waals surface area contributed by atoms with Crippen LogP contribution in [0.2, 0.25) is 0 Å². The van der Waals surface area contributed by atoms with E-state index in [0.29, 0.717) is 5.92 Å². The monoisotopic (exact) mass is 351 g/mol. The number of benzene rings is 2. The van der Waals surface area contributed by atoms with Gasteiger partial charge in [0.15, 0.2) is 0 Å².